The summed E-state index contributed by atoms with van der Waals surface area (Å²) in [6.07, 6.45) is 6.35. The van der Waals surface area contributed by atoms with E-state index in [9.17, 15) is 4.79 Å². The van der Waals surface area contributed by atoms with Gasteiger partial charge in [-0.3, -0.25) is 9.89 Å². The summed E-state index contributed by atoms with van der Waals surface area (Å²) < 4.78 is 0. The summed E-state index contributed by atoms with van der Waals surface area (Å²) in [5.41, 5.74) is 6.55. The molecule has 0 aliphatic heterocycles. The second kappa shape index (κ2) is 6.39. The van der Waals surface area contributed by atoms with Gasteiger partial charge in [0.05, 0.1) is 5.41 Å². The van der Waals surface area contributed by atoms with Crippen LogP contribution in [0.15, 0.2) is 6.07 Å². The Balaban J connectivity index is 2.07. The van der Waals surface area contributed by atoms with Crippen LogP contribution in [-0.4, -0.2) is 22.6 Å². The van der Waals surface area contributed by atoms with Gasteiger partial charge in [0.25, 0.3) is 0 Å². The molecule has 1 fully saturated rings. The molecule has 112 valence electrons. The molecule has 0 aromatic carbocycles. The minimum Gasteiger partial charge on any atom is -0.329 e. The maximum Gasteiger partial charge on any atom is 0.233 e. The first-order chi connectivity index (χ1) is 9.57. The summed E-state index contributed by atoms with van der Waals surface area (Å²) in [7, 11) is 0. The average molecular weight is 278 g/mol. The van der Waals surface area contributed by atoms with Crippen molar-refractivity contribution in [3.05, 3.63) is 11.8 Å². The number of H-pyrrole nitrogens is 1. The predicted molar refractivity (Wildman–Crippen MR) is 80.5 cm³/mol. The lowest BCUT2D eigenvalue weighted by atomic mass is 9.79. The van der Waals surface area contributed by atoms with Crippen LogP contribution in [0.2, 0.25) is 0 Å². The van der Waals surface area contributed by atoms with E-state index in [0.29, 0.717) is 18.3 Å². The third-order valence-corrected chi connectivity index (χ3v) is 4.39. The van der Waals surface area contributed by atoms with E-state index in [1.165, 1.54) is 12.8 Å². The van der Waals surface area contributed by atoms with E-state index in [4.69, 9.17) is 5.73 Å². The second-order valence-electron chi connectivity index (χ2n) is 6.22. The Morgan fingerprint density at radius 1 is 1.40 bits per heavy atom. The highest BCUT2D eigenvalue weighted by Crippen LogP contribution is 2.35. The molecule has 0 spiro atoms. The third-order valence-electron chi connectivity index (χ3n) is 4.39. The molecule has 0 bridgehead atoms. The average Bonchev–Trinajstić information content (AvgIpc) is 2.75. The zero-order chi connectivity index (χ0) is 14.6. The highest BCUT2D eigenvalue weighted by Gasteiger charge is 2.37. The fourth-order valence-corrected chi connectivity index (χ4v) is 2.87. The van der Waals surface area contributed by atoms with Crippen molar-refractivity contribution < 1.29 is 4.79 Å². The summed E-state index contributed by atoms with van der Waals surface area (Å²) in [4.78, 5) is 12.6. The first kappa shape index (κ1) is 15.0. The first-order valence-corrected chi connectivity index (χ1v) is 7.64. The smallest absolute Gasteiger partial charge is 0.233 e. The van der Waals surface area contributed by atoms with E-state index >= 15 is 0 Å². The molecule has 5 heteroatoms. The molecule has 1 saturated carbocycles. The SMILES string of the molecule is CC(C)c1cc(NC(=O)C2(CN)CCCCCC2)n[nH]1. The molecule has 2 rings (SSSR count). The van der Waals surface area contributed by atoms with Crippen LogP contribution in [-0.2, 0) is 4.79 Å². The zero-order valence-corrected chi connectivity index (χ0v) is 12.5. The van der Waals surface area contributed by atoms with Crippen molar-refractivity contribution in [2.45, 2.75) is 58.3 Å². The normalized spacial score (nSPS) is 18.8. The van der Waals surface area contributed by atoms with Gasteiger partial charge in [-0.2, -0.15) is 5.10 Å². The van der Waals surface area contributed by atoms with Crippen molar-refractivity contribution in [1.29, 1.82) is 0 Å². The van der Waals surface area contributed by atoms with E-state index in [1.54, 1.807) is 0 Å². The van der Waals surface area contributed by atoms with Crippen LogP contribution in [0.1, 0.15) is 64.0 Å². The number of rotatable bonds is 4. The molecule has 0 saturated heterocycles. The number of anilines is 1. The van der Waals surface area contributed by atoms with E-state index < -0.39 is 5.41 Å². The zero-order valence-electron chi connectivity index (χ0n) is 12.5. The van der Waals surface area contributed by atoms with Crippen LogP contribution >= 0.6 is 0 Å². The van der Waals surface area contributed by atoms with Crippen LogP contribution in [0.3, 0.4) is 0 Å². The topological polar surface area (TPSA) is 83.8 Å². The number of hydrogen-bond acceptors (Lipinski definition) is 3. The number of carbonyl (C=O) groups is 1. The molecular formula is C15H26N4O. The van der Waals surface area contributed by atoms with Crippen molar-refractivity contribution in [2.24, 2.45) is 11.1 Å². The molecule has 1 heterocycles. The lowest BCUT2D eigenvalue weighted by Crippen LogP contribution is -2.42. The quantitative estimate of drug-likeness (QED) is 0.740. The van der Waals surface area contributed by atoms with Gasteiger partial charge in [-0.05, 0) is 18.8 Å². The predicted octanol–water partition coefficient (Wildman–Crippen LogP) is 2.77. The standard InChI is InChI=1S/C15H26N4O/c1-11(2)12-9-13(19-18-12)17-14(20)15(10-16)7-5-3-4-6-8-15/h9,11H,3-8,10,16H2,1-2H3,(H2,17,18,19,20). The summed E-state index contributed by atoms with van der Waals surface area (Å²) in [5.74, 6) is 1.01. The largest absolute Gasteiger partial charge is 0.329 e. The Kier molecular flexibility index (Phi) is 4.81. The van der Waals surface area contributed by atoms with Gasteiger partial charge in [0, 0.05) is 18.3 Å². The minimum atomic E-state index is -0.409. The van der Waals surface area contributed by atoms with Gasteiger partial charge in [-0.15, -0.1) is 0 Å². The number of nitrogens with zero attached hydrogens (tertiary/aromatic N) is 1. The highest BCUT2D eigenvalue weighted by atomic mass is 16.2. The van der Waals surface area contributed by atoms with Gasteiger partial charge in [0.15, 0.2) is 5.82 Å². The molecule has 0 atom stereocenters. The molecule has 0 radical (unpaired) electrons. The molecule has 1 aliphatic rings. The monoisotopic (exact) mass is 278 g/mol. The third kappa shape index (κ3) is 3.20. The number of aromatic nitrogens is 2. The van der Waals surface area contributed by atoms with Crippen molar-refractivity contribution in [3.63, 3.8) is 0 Å². The number of carbonyl (C=O) groups excluding carboxylic acids is 1. The Morgan fingerprint density at radius 3 is 2.55 bits per heavy atom. The Morgan fingerprint density at radius 2 is 2.05 bits per heavy atom. The molecule has 1 amide bonds. The second-order valence-corrected chi connectivity index (χ2v) is 6.22. The molecule has 5 nitrogen and oxygen atoms in total. The van der Waals surface area contributed by atoms with Crippen LogP contribution < -0.4 is 11.1 Å². The van der Waals surface area contributed by atoms with Crippen molar-refractivity contribution in [2.75, 3.05) is 11.9 Å². The highest BCUT2D eigenvalue weighted by molar-refractivity contribution is 5.94. The molecule has 20 heavy (non-hydrogen) atoms. The summed E-state index contributed by atoms with van der Waals surface area (Å²) in [6, 6.07) is 1.91. The van der Waals surface area contributed by atoms with Gasteiger partial charge in [0.2, 0.25) is 5.91 Å². The first-order valence-electron chi connectivity index (χ1n) is 7.64. The number of hydrogen-bond donors (Lipinski definition) is 3. The number of nitrogens with two attached hydrogens (primary N) is 1. The Labute approximate surface area is 120 Å². The number of aromatic amines is 1. The number of nitrogens with one attached hydrogen (secondary N) is 2. The lowest BCUT2D eigenvalue weighted by molar-refractivity contribution is -0.125. The van der Waals surface area contributed by atoms with E-state index in [0.717, 1.165) is 31.4 Å². The molecule has 1 aromatic rings. The van der Waals surface area contributed by atoms with Crippen LogP contribution in [0.4, 0.5) is 5.82 Å². The molecule has 0 unspecified atom stereocenters. The van der Waals surface area contributed by atoms with Gasteiger partial charge >= 0.3 is 0 Å². The van der Waals surface area contributed by atoms with Crippen LogP contribution in [0.5, 0.6) is 0 Å². The maximum atomic E-state index is 12.6. The van der Waals surface area contributed by atoms with Gasteiger partial charge < -0.3 is 11.1 Å². The van der Waals surface area contributed by atoms with Crippen molar-refractivity contribution in [1.82, 2.24) is 10.2 Å². The van der Waals surface area contributed by atoms with Crippen LogP contribution in [0, 0.1) is 5.41 Å². The van der Waals surface area contributed by atoms with Gasteiger partial charge in [0.1, 0.15) is 0 Å². The Hall–Kier alpha value is -1.36. The summed E-state index contributed by atoms with van der Waals surface area (Å²) in [5, 5.41) is 10.1. The molecular weight excluding hydrogens is 252 g/mol. The van der Waals surface area contributed by atoms with Crippen molar-refractivity contribution in [3.8, 4) is 0 Å². The van der Waals surface area contributed by atoms with Crippen molar-refractivity contribution >= 4 is 11.7 Å². The molecule has 1 aliphatic carbocycles. The van der Waals surface area contributed by atoms with Gasteiger partial charge in [-0.25, -0.2) is 0 Å². The van der Waals surface area contributed by atoms with E-state index in [2.05, 4.69) is 29.4 Å². The van der Waals surface area contributed by atoms with E-state index in [1.807, 2.05) is 6.07 Å². The minimum absolute atomic E-state index is 0.0312. The molecule has 4 N–H and O–H groups in total. The summed E-state index contributed by atoms with van der Waals surface area (Å²) in [6.45, 7) is 4.60. The fourth-order valence-electron chi connectivity index (χ4n) is 2.87. The fraction of sp³-hybridized carbons (Fsp3) is 0.733. The lowest BCUT2D eigenvalue weighted by Gasteiger charge is -2.29. The number of amides is 1. The van der Waals surface area contributed by atoms with Crippen LogP contribution in [0.25, 0.3) is 0 Å². The molecule has 1 aromatic heterocycles. The summed E-state index contributed by atoms with van der Waals surface area (Å²) >= 11 is 0. The Bertz CT molecular complexity index is 444. The van der Waals surface area contributed by atoms with Gasteiger partial charge in [-0.1, -0.05) is 39.5 Å². The maximum absolute atomic E-state index is 12.6. The van der Waals surface area contributed by atoms with E-state index in [-0.39, 0.29) is 5.91 Å².